The van der Waals surface area contributed by atoms with Crippen molar-refractivity contribution in [2.24, 2.45) is 11.7 Å². The molecule has 0 aromatic carbocycles. The molecule has 0 bridgehead atoms. The minimum absolute atomic E-state index is 0.00479. The number of carboxylic acid groups (broad SMARTS) is 1. The number of carbonyl (C=O) groups excluding carboxylic acids is 1. The second-order valence-corrected chi connectivity index (χ2v) is 5.45. The Balaban J connectivity index is 1.84. The highest BCUT2D eigenvalue weighted by Crippen LogP contribution is 2.21. The molecular weight excluding hydrogens is 262 g/mol. The third kappa shape index (κ3) is 2.96. The molecule has 1 aliphatic heterocycles. The number of nitrogens with two attached hydrogens (primary N) is 1. The van der Waals surface area contributed by atoms with Crippen LogP contribution >= 0.6 is 0 Å². The lowest BCUT2D eigenvalue weighted by atomic mass is 10.00. The Kier molecular flexibility index (Phi) is 4.03. The van der Waals surface area contributed by atoms with Crippen molar-refractivity contribution in [1.82, 2.24) is 19.9 Å². The number of aromatic carboxylic acids is 1. The normalized spacial score (nSPS) is 17.1. The van der Waals surface area contributed by atoms with Crippen molar-refractivity contribution in [3.63, 3.8) is 0 Å². The molecule has 1 aromatic heterocycles. The van der Waals surface area contributed by atoms with Gasteiger partial charge in [0, 0.05) is 25.6 Å². The van der Waals surface area contributed by atoms with E-state index in [2.05, 4.69) is 10.3 Å². The van der Waals surface area contributed by atoms with Crippen LogP contribution in [0.1, 0.15) is 36.8 Å². The lowest BCUT2D eigenvalue weighted by Crippen LogP contribution is -2.52. The molecule has 1 amide bonds. The molecular formula is C12H19N5O3. The molecule has 8 nitrogen and oxygen atoms in total. The first kappa shape index (κ1) is 14.4. The fourth-order valence-electron chi connectivity index (χ4n) is 1.95. The van der Waals surface area contributed by atoms with E-state index >= 15 is 0 Å². The number of likely N-dealkylation sites (tertiary alicyclic amines) is 1. The molecule has 0 aliphatic carbocycles. The average molecular weight is 281 g/mol. The number of nitrogens with zero attached hydrogens (tertiary/aromatic N) is 4. The fraction of sp³-hybridized carbons (Fsp3) is 0.667. The Bertz CT molecular complexity index is 507. The smallest absolute Gasteiger partial charge is 0.358 e. The molecule has 110 valence electrons. The van der Waals surface area contributed by atoms with E-state index in [1.807, 2.05) is 13.8 Å². The summed E-state index contributed by atoms with van der Waals surface area (Å²) in [5.41, 5.74) is 5.79. The zero-order valence-electron chi connectivity index (χ0n) is 11.6. The van der Waals surface area contributed by atoms with Gasteiger partial charge in [0.25, 0.3) is 0 Å². The Labute approximate surface area is 116 Å². The monoisotopic (exact) mass is 281 g/mol. The van der Waals surface area contributed by atoms with E-state index in [1.165, 1.54) is 10.9 Å². The maximum Gasteiger partial charge on any atom is 0.358 e. The van der Waals surface area contributed by atoms with Gasteiger partial charge in [-0.15, -0.1) is 5.10 Å². The standard InChI is InChI=1S/C12H19N5O3/c1-7(2)9(13)3-11(18)16-4-8(5-16)17-6-10(12(19)20)14-15-17/h6-9H,3-5,13H2,1-2H3,(H,19,20). The maximum atomic E-state index is 11.9. The van der Waals surface area contributed by atoms with Crippen LogP contribution in [-0.4, -0.2) is 56.0 Å². The highest BCUT2D eigenvalue weighted by molar-refractivity contribution is 5.84. The summed E-state index contributed by atoms with van der Waals surface area (Å²) in [6, 6.07) is -0.138. The molecule has 1 atom stereocenters. The van der Waals surface area contributed by atoms with Crippen molar-refractivity contribution in [3.8, 4) is 0 Å². The van der Waals surface area contributed by atoms with Gasteiger partial charge in [0.15, 0.2) is 5.69 Å². The molecule has 1 fully saturated rings. The molecule has 1 aliphatic rings. The van der Waals surface area contributed by atoms with Gasteiger partial charge in [-0.05, 0) is 5.92 Å². The van der Waals surface area contributed by atoms with Crippen LogP contribution in [0.25, 0.3) is 0 Å². The first-order valence-corrected chi connectivity index (χ1v) is 6.57. The van der Waals surface area contributed by atoms with Gasteiger partial charge in [0.2, 0.25) is 5.91 Å². The summed E-state index contributed by atoms with van der Waals surface area (Å²) in [7, 11) is 0. The van der Waals surface area contributed by atoms with E-state index in [0.717, 1.165) is 0 Å². The summed E-state index contributed by atoms with van der Waals surface area (Å²) in [4.78, 5) is 24.3. The Morgan fingerprint density at radius 1 is 1.50 bits per heavy atom. The van der Waals surface area contributed by atoms with Gasteiger partial charge in [0.1, 0.15) is 0 Å². The number of amides is 1. The summed E-state index contributed by atoms with van der Waals surface area (Å²) in [5.74, 6) is -0.808. The van der Waals surface area contributed by atoms with Gasteiger partial charge in [0.05, 0.1) is 12.2 Å². The van der Waals surface area contributed by atoms with Crippen LogP contribution in [0.4, 0.5) is 0 Å². The van der Waals surface area contributed by atoms with Crippen molar-refractivity contribution in [1.29, 1.82) is 0 Å². The van der Waals surface area contributed by atoms with E-state index < -0.39 is 5.97 Å². The zero-order chi connectivity index (χ0) is 14.9. The average Bonchev–Trinajstić information content (AvgIpc) is 2.76. The summed E-state index contributed by atoms with van der Waals surface area (Å²) >= 11 is 0. The SMILES string of the molecule is CC(C)C(N)CC(=O)N1CC(n2cc(C(=O)O)nn2)C1. The van der Waals surface area contributed by atoms with Gasteiger partial charge < -0.3 is 15.7 Å². The first-order chi connectivity index (χ1) is 9.38. The fourth-order valence-corrected chi connectivity index (χ4v) is 1.95. The van der Waals surface area contributed by atoms with E-state index in [1.54, 1.807) is 4.90 Å². The molecule has 20 heavy (non-hydrogen) atoms. The Morgan fingerprint density at radius 2 is 2.15 bits per heavy atom. The van der Waals surface area contributed by atoms with Gasteiger partial charge in [-0.2, -0.15) is 0 Å². The van der Waals surface area contributed by atoms with E-state index in [-0.39, 0.29) is 29.6 Å². The van der Waals surface area contributed by atoms with Gasteiger partial charge in [-0.3, -0.25) is 4.79 Å². The predicted octanol–water partition coefficient (Wildman–Crippen LogP) is -0.267. The van der Waals surface area contributed by atoms with Crippen molar-refractivity contribution < 1.29 is 14.7 Å². The molecule has 2 heterocycles. The molecule has 1 unspecified atom stereocenters. The van der Waals surface area contributed by atoms with Crippen LogP contribution in [0.15, 0.2) is 6.20 Å². The molecule has 0 spiro atoms. The minimum Gasteiger partial charge on any atom is -0.476 e. The van der Waals surface area contributed by atoms with Gasteiger partial charge in [-0.25, -0.2) is 9.48 Å². The van der Waals surface area contributed by atoms with E-state index in [0.29, 0.717) is 19.5 Å². The summed E-state index contributed by atoms with van der Waals surface area (Å²) in [5, 5.41) is 16.1. The molecule has 0 radical (unpaired) electrons. The molecule has 2 rings (SSSR count). The van der Waals surface area contributed by atoms with E-state index in [4.69, 9.17) is 10.8 Å². The third-order valence-corrected chi connectivity index (χ3v) is 3.59. The molecule has 1 saturated heterocycles. The predicted molar refractivity (Wildman–Crippen MR) is 70.0 cm³/mol. The zero-order valence-corrected chi connectivity index (χ0v) is 11.6. The lowest BCUT2D eigenvalue weighted by molar-refractivity contribution is -0.137. The number of carbonyl (C=O) groups is 2. The van der Waals surface area contributed by atoms with E-state index in [9.17, 15) is 9.59 Å². The molecule has 0 saturated carbocycles. The summed E-state index contributed by atoms with van der Waals surface area (Å²) in [6.07, 6.45) is 1.72. The number of aromatic nitrogens is 3. The minimum atomic E-state index is -1.11. The number of hydrogen-bond acceptors (Lipinski definition) is 5. The molecule has 8 heteroatoms. The quantitative estimate of drug-likeness (QED) is 0.768. The third-order valence-electron chi connectivity index (χ3n) is 3.59. The highest BCUT2D eigenvalue weighted by Gasteiger charge is 2.33. The van der Waals surface area contributed by atoms with Crippen molar-refractivity contribution in [3.05, 3.63) is 11.9 Å². The first-order valence-electron chi connectivity index (χ1n) is 6.57. The van der Waals surface area contributed by atoms with Crippen LogP contribution < -0.4 is 5.73 Å². The van der Waals surface area contributed by atoms with Crippen LogP contribution in [0, 0.1) is 5.92 Å². The topological polar surface area (TPSA) is 114 Å². The van der Waals surface area contributed by atoms with Crippen LogP contribution in [0.2, 0.25) is 0 Å². The maximum absolute atomic E-state index is 11.9. The largest absolute Gasteiger partial charge is 0.476 e. The second kappa shape index (κ2) is 5.58. The summed E-state index contributed by atoms with van der Waals surface area (Å²) < 4.78 is 1.50. The number of hydrogen-bond donors (Lipinski definition) is 2. The van der Waals surface area contributed by atoms with Crippen LogP contribution in [0.5, 0.6) is 0 Å². The Morgan fingerprint density at radius 3 is 2.65 bits per heavy atom. The van der Waals surface area contributed by atoms with Gasteiger partial charge in [-0.1, -0.05) is 19.1 Å². The van der Waals surface area contributed by atoms with Crippen LogP contribution in [-0.2, 0) is 4.79 Å². The second-order valence-electron chi connectivity index (χ2n) is 5.45. The lowest BCUT2D eigenvalue weighted by Gasteiger charge is -2.39. The van der Waals surface area contributed by atoms with Crippen molar-refractivity contribution >= 4 is 11.9 Å². The van der Waals surface area contributed by atoms with Crippen molar-refractivity contribution in [2.45, 2.75) is 32.4 Å². The molecule has 1 aromatic rings. The van der Waals surface area contributed by atoms with Crippen LogP contribution in [0.3, 0.4) is 0 Å². The highest BCUT2D eigenvalue weighted by atomic mass is 16.4. The number of rotatable bonds is 5. The summed E-state index contributed by atoms with van der Waals surface area (Å²) in [6.45, 7) is 5.01. The van der Waals surface area contributed by atoms with Gasteiger partial charge >= 0.3 is 5.97 Å². The Hall–Kier alpha value is -1.96. The number of carboxylic acids is 1. The van der Waals surface area contributed by atoms with Crippen molar-refractivity contribution in [2.75, 3.05) is 13.1 Å². The molecule has 3 N–H and O–H groups in total.